The van der Waals surface area contributed by atoms with Crippen molar-refractivity contribution in [1.82, 2.24) is 24.3 Å². The molecular weight excluding hydrogens is 274 g/mol. The summed E-state index contributed by atoms with van der Waals surface area (Å²) in [7, 11) is 6.55. The third-order valence-corrected chi connectivity index (χ3v) is 4.70. The Labute approximate surface area is 133 Å². The van der Waals surface area contributed by atoms with Crippen LogP contribution in [0.25, 0.3) is 11.0 Å². The topological polar surface area (TPSA) is 27.5 Å². The first kappa shape index (κ1) is 15.5. The van der Waals surface area contributed by atoms with Crippen molar-refractivity contribution in [2.45, 2.75) is 6.54 Å². The molecule has 0 unspecified atom stereocenters. The molecule has 22 heavy (non-hydrogen) atoms. The van der Waals surface area contributed by atoms with Gasteiger partial charge in [0.1, 0.15) is 5.82 Å². The van der Waals surface area contributed by atoms with Gasteiger partial charge in [0.25, 0.3) is 0 Å². The lowest BCUT2D eigenvalue weighted by molar-refractivity contribution is 0.222. The van der Waals surface area contributed by atoms with Crippen LogP contribution in [0.15, 0.2) is 24.3 Å². The van der Waals surface area contributed by atoms with Gasteiger partial charge in [-0.3, -0.25) is 4.90 Å². The van der Waals surface area contributed by atoms with Gasteiger partial charge in [-0.1, -0.05) is 12.1 Å². The molecule has 0 bridgehead atoms. The Morgan fingerprint density at radius 2 is 1.45 bits per heavy atom. The van der Waals surface area contributed by atoms with E-state index in [1.165, 1.54) is 5.52 Å². The zero-order chi connectivity index (χ0) is 15.5. The fourth-order valence-electron chi connectivity index (χ4n) is 3.00. The fourth-order valence-corrected chi connectivity index (χ4v) is 3.00. The molecule has 2 heterocycles. The predicted molar refractivity (Wildman–Crippen MR) is 91.0 cm³/mol. The highest BCUT2D eigenvalue weighted by Crippen LogP contribution is 2.15. The van der Waals surface area contributed by atoms with E-state index < -0.39 is 0 Å². The molecule has 0 radical (unpaired) electrons. The molecule has 0 spiro atoms. The van der Waals surface area contributed by atoms with Gasteiger partial charge in [0.05, 0.1) is 17.6 Å². The number of rotatable bonds is 2. The Morgan fingerprint density at radius 1 is 0.864 bits per heavy atom. The molecule has 0 N–H and O–H groups in total. The van der Waals surface area contributed by atoms with Gasteiger partial charge in [-0.2, -0.15) is 0 Å². The second kappa shape index (κ2) is 6.77. The summed E-state index contributed by atoms with van der Waals surface area (Å²) in [6.45, 7) is 7.68. The van der Waals surface area contributed by atoms with Gasteiger partial charge in [-0.15, -0.1) is 0 Å². The Hall–Kier alpha value is -1.43. The summed E-state index contributed by atoms with van der Waals surface area (Å²) < 4.78 is 2.23. The van der Waals surface area contributed by atoms with E-state index in [9.17, 15) is 0 Å². The highest BCUT2D eigenvalue weighted by atomic mass is 15.3. The lowest BCUT2D eigenvalue weighted by Gasteiger charge is -2.23. The minimum atomic E-state index is 0.923. The molecule has 0 amide bonds. The Balaban J connectivity index is 1.75. The molecular formula is C17H27N5. The number of hydrogen-bond acceptors (Lipinski definition) is 4. The van der Waals surface area contributed by atoms with Crippen molar-refractivity contribution in [3.63, 3.8) is 0 Å². The maximum Gasteiger partial charge on any atom is 0.123 e. The number of aryl methyl sites for hydroxylation is 1. The first-order chi connectivity index (χ1) is 10.6. The van der Waals surface area contributed by atoms with Gasteiger partial charge >= 0.3 is 0 Å². The summed E-state index contributed by atoms with van der Waals surface area (Å²) in [6, 6.07) is 8.38. The second-order valence-corrected chi connectivity index (χ2v) is 6.46. The SMILES string of the molecule is CN1CCN(C)CCN(Cc2nc3ccccc3n2C)CC1. The van der Waals surface area contributed by atoms with E-state index in [4.69, 9.17) is 4.98 Å². The van der Waals surface area contributed by atoms with E-state index in [0.717, 1.165) is 57.2 Å². The van der Waals surface area contributed by atoms with Gasteiger partial charge in [-0.25, -0.2) is 4.98 Å². The molecule has 120 valence electrons. The van der Waals surface area contributed by atoms with Crippen LogP contribution in [0.1, 0.15) is 5.82 Å². The van der Waals surface area contributed by atoms with E-state index in [2.05, 4.69) is 64.7 Å². The average molecular weight is 301 g/mol. The lowest BCUT2D eigenvalue weighted by Crippen LogP contribution is -2.35. The standard InChI is InChI=1S/C17H27N5/c1-19-8-9-20(2)11-13-22(12-10-19)14-17-18-15-6-4-5-7-16(15)21(17)3/h4-7H,8-14H2,1-3H3. The number of imidazole rings is 1. The van der Waals surface area contributed by atoms with E-state index in [-0.39, 0.29) is 0 Å². The Kier molecular flexibility index (Phi) is 4.76. The smallest absolute Gasteiger partial charge is 0.123 e. The van der Waals surface area contributed by atoms with Gasteiger partial charge in [0.15, 0.2) is 0 Å². The summed E-state index contributed by atoms with van der Waals surface area (Å²) in [5, 5.41) is 0. The molecule has 2 aromatic rings. The summed E-state index contributed by atoms with van der Waals surface area (Å²) >= 11 is 0. The number of fused-ring (bicyclic) bond motifs is 1. The van der Waals surface area contributed by atoms with Crippen LogP contribution in [-0.4, -0.2) is 77.6 Å². The predicted octanol–water partition coefficient (Wildman–Crippen LogP) is 1.25. The van der Waals surface area contributed by atoms with Crippen LogP contribution in [-0.2, 0) is 13.6 Å². The molecule has 0 aliphatic carbocycles. The van der Waals surface area contributed by atoms with Gasteiger partial charge in [0.2, 0.25) is 0 Å². The highest BCUT2D eigenvalue weighted by Gasteiger charge is 2.15. The van der Waals surface area contributed by atoms with Gasteiger partial charge in [0, 0.05) is 46.3 Å². The summed E-state index contributed by atoms with van der Waals surface area (Å²) in [5.74, 6) is 1.16. The quantitative estimate of drug-likeness (QED) is 0.834. The zero-order valence-corrected chi connectivity index (χ0v) is 14.0. The number of para-hydroxylation sites is 2. The summed E-state index contributed by atoms with van der Waals surface area (Å²) in [4.78, 5) is 12.2. The molecule has 1 aliphatic heterocycles. The van der Waals surface area contributed by atoms with Crippen LogP contribution in [0.2, 0.25) is 0 Å². The minimum absolute atomic E-state index is 0.923. The van der Waals surface area contributed by atoms with Gasteiger partial charge < -0.3 is 14.4 Å². The first-order valence-corrected chi connectivity index (χ1v) is 8.13. The van der Waals surface area contributed by atoms with Crippen LogP contribution < -0.4 is 0 Å². The van der Waals surface area contributed by atoms with E-state index in [1.807, 2.05) is 0 Å². The highest BCUT2D eigenvalue weighted by molar-refractivity contribution is 5.75. The fraction of sp³-hybridized carbons (Fsp3) is 0.588. The van der Waals surface area contributed by atoms with Crippen molar-refractivity contribution in [3.8, 4) is 0 Å². The van der Waals surface area contributed by atoms with Crippen LogP contribution in [0.4, 0.5) is 0 Å². The first-order valence-electron chi connectivity index (χ1n) is 8.13. The second-order valence-electron chi connectivity index (χ2n) is 6.46. The molecule has 5 nitrogen and oxygen atoms in total. The largest absolute Gasteiger partial charge is 0.330 e. The number of benzene rings is 1. The summed E-state index contributed by atoms with van der Waals surface area (Å²) in [5.41, 5.74) is 2.31. The normalized spacial score (nSPS) is 20.0. The molecule has 1 aromatic heterocycles. The molecule has 5 heteroatoms. The Morgan fingerprint density at radius 3 is 2.09 bits per heavy atom. The van der Waals surface area contributed by atoms with Crippen molar-refractivity contribution < 1.29 is 0 Å². The molecule has 1 aliphatic rings. The third-order valence-electron chi connectivity index (χ3n) is 4.70. The maximum atomic E-state index is 4.82. The molecule has 3 rings (SSSR count). The molecule has 0 atom stereocenters. The third kappa shape index (κ3) is 3.48. The maximum absolute atomic E-state index is 4.82. The van der Waals surface area contributed by atoms with Crippen molar-refractivity contribution >= 4 is 11.0 Å². The van der Waals surface area contributed by atoms with Crippen LogP contribution in [0.3, 0.4) is 0 Å². The molecule has 0 saturated carbocycles. The van der Waals surface area contributed by atoms with Crippen LogP contribution in [0.5, 0.6) is 0 Å². The van der Waals surface area contributed by atoms with Crippen molar-refractivity contribution in [2.24, 2.45) is 7.05 Å². The molecule has 1 saturated heterocycles. The number of hydrogen-bond donors (Lipinski definition) is 0. The van der Waals surface area contributed by atoms with Crippen molar-refractivity contribution in [2.75, 3.05) is 53.4 Å². The zero-order valence-electron chi connectivity index (χ0n) is 14.0. The molecule has 1 aromatic carbocycles. The number of aromatic nitrogens is 2. The minimum Gasteiger partial charge on any atom is -0.330 e. The number of nitrogens with zero attached hydrogens (tertiary/aromatic N) is 5. The van der Waals surface area contributed by atoms with Crippen LogP contribution >= 0.6 is 0 Å². The van der Waals surface area contributed by atoms with Crippen molar-refractivity contribution in [3.05, 3.63) is 30.1 Å². The van der Waals surface area contributed by atoms with E-state index in [1.54, 1.807) is 0 Å². The van der Waals surface area contributed by atoms with Gasteiger partial charge in [-0.05, 0) is 26.2 Å². The van der Waals surface area contributed by atoms with Crippen molar-refractivity contribution in [1.29, 1.82) is 0 Å². The number of likely N-dealkylation sites (N-methyl/N-ethyl adjacent to an activating group) is 2. The lowest BCUT2D eigenvalue weighted by atomic mass is 10.3. The van der Waals surface area contributed by atoms with Crippen LogP contribution in [0, 0.1) is 0 Å². The monoisotopic (exact) mass is 301 g/mol. The summed E-state index contributed by atoms with van der Waals surface area (Å²) in [6.07, 6.45) is 0. The molecule has 1 fully saturated rings. The Bertz CT molecular complexity index is 607. The van der Waals surface area contributed by atoms with E-state index in [0.29, 0.717) is 0 Å². The average Bonchev–Trinajstić information content (AvgIpc) is 2.86. The van der Waals surface area contributed by atoms with E-state index >= 15 is 0 Å².